The summed E-state index contributed by atoms with van der Waals surface area (Å²) >= 11 is 0. The van der Waals surface area contributed by atoms with Crippen LogP contribution in [-0.2, 0) is 11.8 Å². The highest BCUT2D eigenvalue weighted by Gasteiger charge is 2.36. The Hall–Kier alpha value is -2.54. The van der Waals surface area contributed by atoms with Gasteiger partial charge < -0.3 is 23.9 Å². The highest BCUT2D eigenvalue weighted by atomic mass is 16.5. The van der Waals surface area contributed by atoms with Crippen LogP contribution in [-0.4, -0.2) is 51.8 Å². The Morgan fingerprint density at radius 1 is 1.36 bits per heavy atom. The van der Waals surface area contributed by atoms with E-state index in [9.17, 15) is 9.59 Å². The molecule has 134 valence electrons. The first kappa shape index (κ1) is 17.3. The Morgan fingerprint density at radius 3 is 2.72 bits per heavy atom. The number of imidazole rings is 1. The quantitative estimate of drug-likeness (QED) is 0.909. The average molecular weight is 345 g/mol. The van der Waals surface area contributed by atoms with Crippen molar-refractivity contribution in [1.82, 2.24) is 14.5 Å². The fourth-order valence-corrected chi connectivity index (χ4v) is 3.01. The van der Waals surface area contributed by atoms with Gasteiger partial charge in [0.05, 0.1) is 12.1 Å². The number of aromatic nitrogens is 2. The highest BCUT2D eigenvalue weighted by molar-refractivity contribution is 5.92. The number of rotatable bonds is 4. The van der Waals surface area contributed by atoms with E-state index in [1.165, 1.54) is 10.8 Å². The zero-order valence-corrected chi connectivity index (χ0v) is 14.7. The van der Waals surface area contributed by atoms with Crippen LogP contribution in [0.25, 0.3) is 0 Å². The largest absolute Gasteiger partial charge is 0.491 e. The number of ether oxygens (including phenoxy) is 2. The zero-order valence-electron chi connectivity index (χ0n) is 14.7. The molecule has 0 bridgehead atoms. The Labute approximate surface area is 146 Å². The van der Waals surface area contributed by atoms with Crippen LogP contribution in [0, 0.1) is 0 Å². The van der Waals surface area contributed by atoms with Gasteiger partial charge in [0.2, 0.25) is 0 Å². The summed E-state index contributed by atoms with van der Waals surface area (Å²) in [6.07, 6.45) is 1.27. The van der Waals surface area contributed by atoms with Gasteiger partial charge in [-0.15, -0.1) is 0 Å². The molecule has 2 heterocycles. The predicted molar refractivity (Wildman–Crippen MR) is 92.8 cm³/mol. The molecule has 1 amide bonds. The molecular weight excluding hydrogens is 322 g/mol. The maximum absolute atomic E-state index is 12.7. The molecule has 0 unspecified atom stereocenters. The predicted octanol–water partition coefficient (Wildman–Crippen LogP) is 1.41. The van der Waals surface area contributed by atoms with Gasteiger partial charge in [-0.1, -0.05) is 18.2 Å². The number of benzene rings is 1. The molecule has 7 nitrogen and oxygen atoms in total. The van der Waals surface area contributed by atoms with Crippen LogP contribution in [0.1, 0.15) is 24.3 Å². The molecule has 25 heavy (non-hydrogen) atoms. The van der Waals surface area contributed by atoms with Crippen LogP contribution < -0.4 is 10.4 Å². The maximum Gasteiger partial charge on any atom is 0.325 e. The summed E-state index contributed by atoms with van der Waals surface area (Å²) in [5.41, 5.74) is -0.513. The van der Waals surface area contributed by atoms with Crippen LogP contribution in [0.5, 0.6) is 5.75 Å². The smallest absolute Gasteiger partial charge is 0.325 e. The molecule has 0 spiro atoms. The number of nitrogens with one attached hydrogen (secondary N) is 1. The number of H-pyrrole nitrogens is 1. The van der Waals surface area contributed by atoms with E-state index >= 15 is 0 Å². The monoisotopic (exact) mass is 345 g/mol. The topological polar surface area (TPSA) is 76.6 Å². The number of para-hydroxylation sites is 1. The lowest BCUT2D eigenvalue weighted by Gasteiger charge is -2.42. The Morgan fingerprint density at radius 2 is 2.08 bits per heavy atom. The summed E-state index contributed by atoms with van der Waals surface area (Å²) in [4.78, 5) is 28.6. The lowest BCUT2D eigenvalue weighted by atomic mass is 10.0. The summed E-state index contributed by atoms with van der Waals surface area (Å²) in [5.74, 6) is 0.554. The van der Waals surface area contributed by atoms with Gasteiger partial charge in [0.15, 0.2) is 0 Å². The molecule has 2 aromatic rings. The van der Waals surface area contributed by atoms with Gasteiger partial charge in [0.25, 0.3) is 5.91 Å². The van der Waals surface area contributed by atoms with Crippen molar-refractivity contribution in [2.75, 3.05) is 19.7 Å². The summed E-state index contributed by atoms with van der Waals surface area (Å²) in [7, 11) is 1.61. The Kier molecular flexibility index (Phi) is 4.67. The lowest BCUT2D eigenvalue weighted by molar-refractivity contribution is -0.136. The molecule has 1 atom stereocenters. The van der Waals surface area contributed by atoms with Gasteiger partial charge in [-0.05, 0) is 26.0 Å². The number of carbonyl (C=O) groups excluding carboxylic acids is 1. The number of carbonyl (C=O) groups is 1. The third-order valence-electron chi connectivity index (χ3n) is 4.06. The van der Waals surface area contributed by atoms with E-state index in [1.54, 1.807) is 11.9 Å². The molecule has 1 fully saturated rings. The van der Waals surface area contributed by atoms with Crippen molar-refractivity contribution in [2.45, 2.75) is 25.6 Å². The van der Waals surface area contributed by atoms with Crippen LogP contribution in [0.4, 0.5) is 0 Å². The van der Waals surface area contributed by atoms with Gasteiger partial charge in [-0.3, -0.25) is 4.79 Å². The van der Waals surface area contributed by atoms with E-state index in [0.29, 0.717) is 19.7 Å². The highest BCUT2D eigenvalue weighted by Crippen LogP contribution is 2.23. The summed E-state index contributed by atoms with van der Waals surface area (Å²) in [5, 5.41) is 0. The third-order valence-corrected chi connectivity index (χ3v) is 4.06. The molecule has 7 heteroatoms. The van der Waals surface area contributed by atoms with Crippen molar-refractivity contribution in [3.63, 3.8) is 0 Å². The van der Waals surface area contributed by atoms with E-state index in [1.807, 2.05) is 44.2 Å². The van der Waals surface area contributed by atoms with Crippen LogP contribution in [0.15, 0.2) is 41.3 Å². The molecule has 1 aliphatic rings. The van der Waals surface area contributed by atoms with E-state index in [4.69, 9.17) is 9.47 Å². The van der Waals surface area contributed by atoms with Crippen LogP contribution in [0.3, 0.4) is 0 Å². The first-order valence-corrected chi connectivity index (χ1v) is 8.25. The number of amides is 1. The molecular formula is C18H23N3O4. The van der Waals surface area contributed by atoms with Crippen molar-refractivity contribution in [2.24, 2.45) is 7.05 Å². The minimum Gasteiger partial charge on any atom is -0.491 e. The van der Waals surface area contributed by atoms with Gasteiger partial charge in [0.1, 0.15) is 24.2 Å². The minimum atomic E-state index is -0.492. The van der Waals surface area contributed by atoms with Crippen molar-refractivity contribution in [3.05, 3.63) is 52.7 Å². The fourth-order valence-electron chi connectivity index (χ4n) is 3.01. The fraction of sp³-hybridized carbons (Fsp3) is 0.444. The van der Waals surface area contributed by atoms with E-state index in [0.717, 1.165) is 5.75 Å². The molecule has 0 radical (unpaired) electrons. The summed E-state index contributed by atoms with van der Waals surface area (Å²) in [6, 6.07) is 9.50. The zero-order chi connectivity index (χ0) is 18.0. The number of hydrogen-bond donors (Lipinski definition) is 1. The van der Waals surface area contributed by atoms with Crippen LogP contribution >= 0.6 is 0 Å². The molecule has 1 aromatic carbocycles. The Balaban J connectivity index is 1.70. The second kappa shape index (κ2) is 6.76. The van der Waals surface area contributed by atoms with E-state index < -0.39 is 5.60 Å². The minimum absolute atomic E-state index is 0.209. The maximum atomic E-state index is 12.7. The van der Waals surface area contributed by atoms with Gasteiger partial charge in [0, 0.05) is 19.8 Å². The summed E-state index contributed by atoms with van der Waals surface area (Å²) in [6.45, 7) is 5.09. The van der Waals surface area contributed by atoms with Crippen molar-refractivity contribution in [1.29, 1.82) is 0 Å². The Bertz CT molecular complexity index is 794. The van der Waals surface area contributed by atoms with Gasteiger partial charge in [-0.2, -0.15) is 0 Å². The number of nitrogens with zero attached hydrogens (tertiary/aromatic N) is 2. The van der Waals surface area contributed by atoms with Gasteiger partial charge >= 0.3 is 5.69 Å². The van der Waals surface area contributed by atoms with Crippen molar-refractivity contribution < 1.29 is 14.3 Å². The van der Waals surface area contributed by atoms with E-state index in [2.05, 4.69) is 4.98 Å². The third kappa shape index (κ3) is 4.11. The molecule has 3 rings (SSSR count). The van der Waals surface area contributed by atoms with E-state index in [-0.39, 0.29) is 23.4 Å². The SMILES string of the molecule is Cn1cc(C(=O)N2C[C@@H](COc3ccccc3)OC(C)(C)C2)[nH]c1=O. The number of aromatic amines is 1. The second-order valence-electron chi connectivity index (χ2n) is 6.89. The first-order valence-electron chi connectivity index (χ1n) is 8.25. The molecule has 0 aliphatic carbocycles. The molecule has 1 aromatic heterocycles. The van der Waals surface area contributed by atoms with Crippen LogP contribution in [0.2, 0.25) is 0 Å². The van der Waals surface area contributed by atoms with Crippen molar-refractivity contribution >= 4 is 5.91 Å². The standard InChI is InChI=1S/C18H23N3O4/c1-18(2)12-21(16(22)15-10-20(3)17(23)19-15)9-14(25-18)11-24-13-7-5-4-6-8-13/h4-8,10,14H,9,11-12H2,1-3H3,(H,19,23)/t14-/m0/s1. The molecule has 1 aliphatic heterocycles. The first-order chi connectivity index (χ1) is 11.8. The molecule has 0 saturated carbocycles. The van der Waals surface area contributed by atoms with Gasteiger partial charge in [-0.25, -0.2) is 4.79 Å². The average Bonchev–Trinajstić information content (AvgIpc) is 2.91. The van der Waals surface area contributed by atoms with Crippen molar-refractivity contribution in [3.8, 4) is 5.75 Å². The molecule has 1 N–H and O–H groups in total. The summed E-state index contributed by atoms with van der Waals surface area (Å²) < 4.78 is 13.2. The normalized spacial score (nSPS) is 19.6. The number of morpholine rings is 1. The molecule has 1 saturated heterocycles. The second-order valence-corrected chi connectivity index (χ2v) is 6.89. The number of hydrogen-bond acceptors (Lipinski definition) is 4. The lowest BCUT2D eigenvalue weighted by Crippen LogP contribution is -2.56. The number of aryl methyl sites for hydroxylation is 1.